The molecule has 20 heavy (non-hydrogen) atoms. The smallest absolute Gasteiger partial charge is 0.241 e. The largest absolute Gasteiger partial charge is 0.368 e. The van der Waals surface area contributed by atoms with Gasteiger partial charge in [0, 0.05) is 18.4 Å². The van der Waals surface area contributed by atoms with E-state index in [0.717, 1.165) is 6.42 Å². The second-order valence-corrected chi connectivity index (χ2v) is 9.17. The standard InChI is InChI=1S/C13H22BrNO4S/c1-13(2)9-15(8-10(7-14)19-13)12(16)11-5-3-4-6-20(11,17)18/h10-11H,3-9H2,1-2H3. The zero-order valence-electron chi connectivity index (χ0n) is 12.0. The number of carbonyl (C=O) groups is 1. The molecule has 2 atom stereocenters. The van der Waals surface area contributed by atoms with Gasteiger partial charge in [0.1, 0.15) is 5.25 Å². The minimum atomic E-state index is -3.28. The fourth-order valence-corrected chi connectivity index (χ4v) is 5.19. The molecule has 0 aromatic heterocycles. The average Bonchev–Trinajstić information content (AvgIpc) is 2.35. The minimum absolute atomic E-state index is 0.0889. The number of morpholine rings is 1. The lowest BCUT2D eigenvalue weighted by Gasteiger charge is -2.43. The Hall–Kier alpha value is -0.140. The van der Waals surface area contributed by atoms with Crippen LogP contribution in [0.15, 0.2) is 0 Å². The fraction of sp³-hybridized carbons (Fsp3) is 0.923. The zero-order valence-corrected chi connectivity index (χ0v) is 14.4. The lowest BCUT2D eigenvalue weighted by Crippen LogP contribution is -2.58. The average molecular weight is 368 g/mol. The van der Waals surface area contributed by atoms with E-state index in [-0.39, 0.29) is 17.8 Å². The Labute approximate surface area is 129 Å². The van der Waals surface area contributed by atoms with Gasteiger partial charge in [-0.15, -0.1) is 0 Å². The highest BCUT2D eigenvalue weighted by Crippen LogP contribution is 2.26. The summed E-state index contributed by atoms with van der Waals surface area (Å²) in [5.74, 6) is -0.106. The van der Waals surface area contributed by atoms with E-state index in [4.69, 9.17) is 4.74 Å². The number of nitrogens with zero attached hydrogens (tertiary/aromatic N) is 1. The molecule has 116 valence electrons. The molecule has 2 aliphatic heterocycles. The first kappa shape index (κ1) is 16.2. The molecule has 0 bridgehead atoms. The SMILES string of the molecule is CC1(C)CN(C(=O)C2CCCCS2(=O)=O)CC(CBr)O1. The molecule has 7 heteroatoms. The van der Waals surface area contributed by atoms with Crippen LogP contribution in [0.5, 0.6) is 0 Å². The summed E-state index contributed by atoms with van der Waals surface area (Å²) in [6.45, 7) is 4.76. The second kappa shape index (κ2) is 5.93. The molecule has 0 aromatic rings. The summed E-state index contributed by atoms with van der Waals surface area (Å²) in [7, 11) is -3.28. The third-order valence-electron chi connectivity index (χ3n) is 3.82. The van der Waals surface area contributed by atoms with Crippen LogP contribution in [0, 0.1) is 0 Å². The molecule has 0 spiro atoms. The number of alkyl halides is 1. The normalized spacial score (nSPS) is 32.9. The Morgan fingerprint density at radius 1 is 1.40 bits per heavy atom. The highest BCUT2D eigenvalue weighted by molar-refractivity contribution is 9.09. The lowest BCUT2D eigenvalue weighted by molar-refractivity contribution is -0.157. The Balaban J connectivity index is 2.15. The van der Waals surface area contributed by atoms with Gasteiger partial charge in [-0.05, 0) is 26.7 Å². The van der Waals surface area contributed by atoms with Crippen LogP contribution >= 0.6 is 15.9 Å². The van der Waals surface area contributed by atoms with Crippen LogP contribution in [0.4, 0.5) is 0 Å². The fourth-order valence-electron chi connectivity index (χ4n) is 2.98. The van der Waals surface area contributed by atoms with Crippen LogP contribution in [0.25, 0.3) is 0 Å². The van der Waals surface area contributed by atoms with Crippen molar-refractivity contribution in [2.75, 3.05) is 24.2 Å². The first-order valence-electron chi connectivity index (χ1n) is 6.99. The van der Waals surface area contributed by atoms with E-state index in [0.29, 0.717) is 31.3 Å². The van der Waals surface area contributed by atoms with E-state index in [1.807, 2.05) is 13.8 Å². The highest BCUT2D eigenvalue weighted by atomic mass is 79.9. The quantitative estimate of drug-likeness (QED) is 0.691. The molecule has 0 aromatic carbocycles. The van der Waals surface area contributed by atoms with Crippen LogP contribution in [0.3, 0.4) is 0 Å². The van der Waals surface area contributed by atoms with Gasteiger partial charge < -0.3 is 9.64 Å². The summed E-state index contributed by atoms with van der Waals surface area (Å²) in [5.41, 5.74) is -0.440. The van der Waals surface area contributed by atoms with Gasteiger partial charge in [-0.25, -0.2) is 8.42 Å². The Morgan fingerprint density at radius 2 is 2.10 bits per heavy atom. The number of hydrogen-bond acceptors (Lipinski definition) is 4. The van der Waals surface area contributed by atoms with Gasteiger partial charge in [-0.3, -0.25) is 4.79 Å². The van der Waals surface area contributed by atoms with Crippen molar-refractivity contribution in [1.29, 1.82) is 0 Å². The molecule has 2 aliphatic rings. The third kappa shape index (κ3) is 3.54. The Kier molecular flexibility index (Phi) is 4.81. The summed E-state index contributed by atoms with van der Waals surface area (Å²) in [6, 6.07) is 0. The monoisotopic (exact) mass is 367 g/mol. The molecule has 0 N–H and O–H groups in total. The van der Waals surface area contributed by atoms with Crippen molar-refractivity contribution in [1.82, 2.24) is 4.90 Å². The molecule has 1 amide bonds. The molecule has 0 radical (unpaired) electrons. The predicted octanol–water partition coefficient (Wildman–Crippen LogP) is 1.35. The summed E-state index contributed by atoms with van der Waals surface area (Å²) in [6.07, 6.45) is 1.85. The maximum atomic E-state index is 12.6. The molecule has 2 fully saturated rings. The van der Waals surface area contributed by atoms with Gasteiger partial charge in [-0.2, -0.15) is 0 Å². The topological polar surface area (TPSA) is 63.7 Å². The second-order valence-electron chi connectivity index (χ2n) is 6.22. The van der Waals surface area contributed by atoms with Crippen molar-refractivity contribution >= 4 is 31.7 Å². The number of sulfone groups is 1. The molecule has 0 aliphatic carbocycles. The van der Waals surface area contributed by atoms with Crippen LogP contribution in [-0.4, -0.2) is 60.4 Å². The van der Waals surface area contributed by atoms with Gasteiger partial charge in [0.25, 0.3) is 0 Å². The number of rotatable bonds is 2. The van der Waals surface area contributed by atoms with E-state index in [9.17, 15) is 13.2 Å². The number of hydrogen-bond donors (Lipinski definition) is 0. The molecule has 5 nitrogen and oxygen atoms in total. The molecular weight excluding hydrogens is 346 g/mol. The van der Waals surface area contributed by atoms with Gasteiger partial charge >= 0.3 is 0 Å². The van der Waals surface area contributed by atoms with E-state index < -0.39 is 20.7 Å². The Morgan fingerprint density at radius 3 is 2.70 bits per heavy atom. The number of halogens is 1. The van der Waals surface area contributed by atoms with E-state index in [1.54, 1.807) is 4.90 Å². The summed E-state index contributed by atoms with van der Waals surface area (Å²) < 4.78 is 30.0. The first-order chi connectivity index (χ1) is 9.25. The molecule has 2 unspecified atom stereocenters. The van der Waals surface area contributed by atoms with Crippen molar-refractivity contribution in [3.05, 3.63) is 0 Å². The predicted molar refractivity (Wildman–Crippen MR) is 80.8 cm³/mol. The van der Waals surface area contributed by atoms with Crippen molar-refractivity contribution in [3.8, 4) is 0 Å². The number of ether oxygens (including phenoxy) is 1. The molecule has 2 heterocycles. The van der Waals surface area contributed by atoms with Crippen molar-refractivity contribution < 1.29 is 17.9 Å². The van der Waals surface area contributed by atoms with Crippen molar-refractivity contribution in [2.24, 2.45) is 0 Å². The van der Waals surface area contributed by atoms with E-state index >= 15 is 0 Å². The van der Waals surface area contributed by atoms with Gasteiger partial charge in [0.05, 0.1) is 17.5 Å². The van der Waals surface area contributed by atoms with Crippen LogP contribution < -0.4 is 0 Å². The number of carbonyl (C=O) groups excluding carboxylic acids is 1. The summed E-state index contributed by atoms with van der Waals surface area (Å²) in [4.78, 5) is 14.3. The molecule has 2 saturated heterocycles. The number of amides is 1. The van der Waals surface area contributed by atoms with Crippen LogP contribution in [0.1, 0.15) is 33.1 Å². The molecule has 0 saturated carbocycles. The van der Waals surface area contributed by atoms with Crippen LogP contribution in [-0.2, 0) is 19.4 Å². The first-order valence-corrected chi connectivity index (χ1v) is 9.83. The highest BCUT2D eigenvalue weighted by Gasteiger charge is 2.42. The maximum Gasteiger partial charge on any atom is 0.241 e. The molecular formula is C13H22BrNO4S. The third-order valence-corrected chi connectivity index (χ3v) is 6.70. The van der Waals surface area contributed by atoms with Crippen molar-refractivity contribution in [3.63, 3.8) is 0 Å². The van der Waals surface area contributed by atoms with Gasteiger partial charge in [0.2, 0.25) is 5.91 Å². The van der Waals surface area contributed by atoms with E-state index in [2.05, 4.69) is 15.9 Å². The van der Waals surface area contributed by atoms with E-state index in [1.165, 1.54) is 0 Å². The summed E-state index contributed by atoms with van der Waals surface area (Å²) >= 11 is 3.38. The molecule has 2 rings (SSSR count). The Bertz CT molecular complexity index is 477. The minimum Gasteiger partial charge on any atom is -0.368 e. The van der Waals surface area contributed by atoms with Crippen molar-refractivity contribution in [2.45, 2.75) is 50.1 Å². The maximum absolute atomic E-state index is 12.6. The zero-order chi connectivity index (χ0) is 15.0. The lowest BCUT2D eigenvalue weighted by atomic mass is 10.0. The van der Waals surface area contributed by atoms with Gasteiger partial charge in [-0.1, -0.05) is 22.4 Å². The summed E-state index contributed by atoms with van der Waals surface area (Å²) in [5, 5.41) is -0.210. The van der Waals surface area contributed by atoms with Gasteiger partial charge in [0.15, 0.2) is 9.84 Å². The van der Waals surface area contributed by atoms with Crippen LogP contribution in [0.2, 0.25) is 0 Å².